The van der Waals surface area contributed by atoms with Crippen molar-refractivity contribution >= 4 is 82.1 Å². The normalized spacial score (nSPS) is 21.6. The second-order valence-electron chi connectivity index (χ2n) is 10.5. The molecular weight excluding hydrogens is 445 g/mol. The predicted octanol–water partition coefficient (Wildman–Crippen LogP) is 3.90. The molecule has 3 aromatic heterocycles. The first kappa shape index (κ1) is 20.9. The summed E-state index contributed by atoms with van der Waals surface area (Å²) in [7, 11) is -6.58. The van der Waals surface area contributed by atoms with Gasteiger partial charge in [-0.25, -0.2) is 9.97 Å². The molecule has 1 aliphatic heterocycles. The Labute approximate surface area is 181 Å². The van der Waals surface area contributed by atoms with Crippen molar-refractivity contribution in [1.29, 1.82) is 0 Å². The van der Waals surface area contributed by atoms with E-state index in [1.807, 2.05) is 0 Å². The highest BCUT2D eigenvalue weighted by Crippen LogP contribution is 2.32. The Bertz CT molecular complexity index is 1030. The van der Waals surface area contributed by atoms with Gasteiger partial charge in [0.25, 0.3) is 0 Å². The van der Waals surface area contributed by atoms with E-state index in [1.54, 1.807) is 18.0 Å². The summed E-state index contributed by atoms with van der Waals surface area (Å²) in [6.45, 7) is 25.2. The molecule has 0 N–H and O–H groups in total. The number of thiophene rings is 2. The minimum Gasteiger partial charge on any atom is -0.249 e. The fourth-order valence-corrected chi connectivity index (χ4v) is 35.6. The van der Waals surface area contributed by atoms with E-state index in [0.717, 1.165) is 11.4 Å². The maximum atomic E-state index is 5.19. The molecule has 8 heteroatoms. The Hall–Kier alpha value is -0.392. The Morgan fingerprint density at radius 3 is 1.29 bits per heavy atom. The van der Waals surface area contributed by atoms with Gasteiger partial charge in [0.05, 0.1) is 52.8 Å². The van der Waals surface area contributed by atoms with Crippen LogP contribution < -0.4 is 18.0 Å². The number of rotatable bonds is 0. The van der Waals surface area contributed by atoms with E-state index in [0.29, 0.717) is 0 Å². The van der Waals surface area contributed by atoms with Gasteiger partial charge in [0, 0.05) is 9.00 Å². The zero-order valence-electron chi connectivity index (χ0n) is 18.9. The lowest BCUT2D eigenvalue weighted by molar-refractivity contribution is 1.11. The molecule has 4 bridgehead atoms. The third-order valence-corrected chi connectivity index (χ3v) is 52.7. The Kier molecular flexibility index (Phi) is 4.52. The minimum atomic E-state index is -1.69. The molecule has 0 radical (unpaired) electrons. The van der Waals surface area contributed by atoms with Crippen molar-refractivity contribution in [3.05, 3.63) is 23.5 Å². The molecule has 0 aromatic carbocycles. The van der Waals surface area contributed by atoms with E-state index in [4.69, 9.17) is 9.97 Å². The third-order valence-electron chi connectivity index (χ3n) is 8.04. The highest BCUT2D eigenvalue weighted by atomic mass is 32.1. The molecule has 0 atom stereocenters. The number of nitrogens with zero attached hydrogens (tertiary/aromatic N) is 2. The first-order valence-electron chi connectivity index (χ1n) is 10.1. The van der Waals surface area contributed by atoms with Crippen molar-refractivity contribution in [2.24, 2.45) is 0 Å². The van der Waals surface area contributed by atoms with Crippen LogP contribution in [0.4, 0.5) is 0 Å². The lowest BCUT2D eigenvalue weighted by Crippen LogP contribution is -2.70. The summed E-state index contributed by atoms with van der Waals surface area (Å²) in [5.74, 6) is 0. The highest BCUT2D eigenvalue weighted by Gasteiger charge is 2.53. The van der Waals surface area contributed by atoms with Gasteiger partial charge >= 0.3 is 0 Å². The summed E-state index contributed by atoms with van der Waals surface area (Å²) in [4.78, 5) is 10.4. The highest BCUT2D eigenvalue weighted by molar-refractivity contribution is 7.67. The third kappa shape index (κ3) is 2.51. The molecule has 4 rings (SSSR count). The number of hydrogen-bond acceptors (Lipinski definition) is 4. The van der Waals surface area contributed by atoms with Gasteiger partial charge in [-0.15, -0.1) is 0 Å². The number of aryl methyl sites for hydroxylation is 2. The second-order valence-corrected chi connectivity index (χ2v) is 44.1. The van der Waals surface area contributed by atoms with E-state index >= 15 is 0 Å². The summed E-state index contributed by atoms with van der Waals surface area (Å²) in [6, 6.07) is 5.03. The van der Waals surface area contributed by atoms with E-state index in [2.05, 4.69) is 101 Å². The van der Waals surface area contributed by atoms with Gasteiger partial charge in [0.2, 0.25) is 0 Å². The van der Waals surface area contributed by atoms with Crippen LogP contribution in [0.3, 0.4) is 0 Å². The number of hydrogen-bond donors (Lipinski definition) is 0. The smallest absolute Gasteiger partial charge is 0.0982 e. The van der Waals surface area contributed by atoms with Crippen LogP contribution in [0, 0.1) is 13.8 Å². The zero-order valence-corrected chi connectivity index (χ0v) is 24.5. The van der Waals surface area contributed by atoms with Crippen LogP contribution in [-0.4, -0.2) is 40.3 Å². The average Bonchev–Trinajstić information content (AvgIpc) is 3.20. The van der Waals surface area contributed by atoms with Crippen molar-refractivity contribution in [3.8, 4) is 0 Å². The standard InChI is InChI=1S/C20H32N2S2Si4/c1-13-14(2)22-18-17(21-13)19-24-20(18)28(9,10)26(5,6)16-12-11-15(23-16)25(3,4)27(19,7)8/h11-12H,1-10H3. The molecule has 0 saturated heterocycles. The van der Waals surface area contributed by atoms with Crippen molar-refractivity contribution in [3.63, 3.8) is 0 Å². The SMILES string of the molecule is Cc1nc2c3sc(c2nc1C)[Si](C)(C)[Si](C)(C)c1ccc(s1)[Si](C)(C)[Si]3(C)C. The van der Waals surface area contributed by atoms with E-state index in [1.165, 1.54) is 11.0 Å². The number of aromatic nitrogens is 2. The average molecular weight is 477 g/mol. The van der Waals surface area contributed by atoms with Crippen LogP contribution in [0.15, 0.2) is 12.1 Å². The molecule has 0 aliphatic carbocycles. The Morgan fingerprint density at radius 2 is 0.929 bits per heavy atom. The lowest BCUT2D eigenvalue weighted by atomic mass is 10.3. The predicted molar refractivity (Wildman–Crippen MR) is 140 cm³/mol. The molecule has 150 valence electrons. The monoisotopic (exact) mass is 476 g/mol. The zero-order chi connectivity index (χ0) is 20.9. The molecule has 2 nitrogen and oxygen atoms in total. The second kappa shape index (κ2) is 6.07. The maximum Gasteiger partial charge on any atom is 0.0982 e. The van der Waals surface area contributed by atoms with Crippen LogP contribution >= 0.6 is 22.7 Å². The molecule has 4 heterocycles. The van der Waals surface area contributed by atoms with Gasteiger partial charge in [0.1, 0.15) is 0 Å². The molecule has 0 spiro atoms. The molecule has 0 amide bonds. The fourth-order valence-electron chi connectivity index (χ4n) is 4.16. The molecule has 1 aliphatic rings. The van der Waals surface area contributed by atoms with Crippen molar-refractivity contribution in [2.75, 3.05) is 0 Å². The van der Waals surface area contributed by atoms with Crippen LogP contribution in [0.25, 0.3) is 11.0 Å². The topological polar surface area (TPSA) is 25.8 Å². The summed E-state index contributed by atoms with van der Waals surface area (Å²) < 4.78 is 6.69. The first-order chi connectivity index (χ1) is 12.7. The molecular formula is C20H32N2S2Si4. The summed E-state index contributed by atoms with van der Waals surface area (Å²) in [6.07, 6.45) is 0. The van der Waals surface area contributed by atoms with Gasteiger partial charge in [-0.05, 0) is 22.8 Å². The van der Waals surface area contributed by atoms with Crippen molar-refractivity contribution in [2.45, 2.75) is 66.2 Å². The summed E-state index contributed by atoms with van der Waals surface area (Å²) in [5.41, 5.74) is 4.74. The molecule has 3 aromatic rings. The van der Waals surface area contributed by atoms with Gasteiger partial charge in [-0.2, -0.15) is 22.7 Å². The van der Waals surface area contributed by atoms with Crippen molar-refractivity contribution in [1.82, 2.24) is 9.97 Å². The maximum absolute atomic E-state index is 5.19. The molecule has 0 unspecified atom stereocenters. The largest absolute Gasteiger partial charge is 0.249 e. The van der Waals surface area contributed by atoms with Gasteiger partial charge in [-0.1, -0.05) is 64.5 Å². The first-order valence-corrected chi connectivity index (χ1v) is 25.8. The summed E-state index contributed by atoms with van der Waals surface area (Å²) in [5, 5.41) is 0. The van der Waals surface area contributed by atoms with E-state index in [9.17, 15) is 0 Å². The van der Waals surface area contributed by atoms with Crippen LogP contribution in [0.2, 0.25) is 52.4 Å². The Morgan fingerprint density at radius 1 is 0.571 bits per heavy atom. The van der Waals surface area contributed by atoms with Gasteiger partial charge in [-0.3, -0.25) is 0 Å². The fraction of sp³-hybridized carbons (Fsp3) is 0.500. The van der Waals surface area contributed by atoms with E-state index in [-0.39, 0.29) is 0 Å². The molecule has 28 heavy (non-hydrogen) atoms. The molecule has 0 fully saturated rings. The van der Waals surface area contributed by atoms with Crippen molar-refractivity contribution < 1.29 is 0 Å². The Balaban J connectivity index is 2.21. The van der Waals surface area contributed by atoms with Gasteiger partial charge < -0.3 is 0 Å². The number of fused-ring (bicyclic) bond motifs is 7. The lowest BCUT2D eigenvalue weighted by Gasteiger charge is -2.39. The quantitative estimate of drug-likeness (QED) is 0.460. The molecule has 0 saturated carbocycles. The van der Waals surface area contributed by atoms with Gasteiger partial charge in [0.15, 0.2) is 0 Å². The minimum absolute atomic E-state index is 1.10. The van der Waals surface area contributed by atoms with Crippen LogP contribution in [-0.2, 0) is 0 Å². The van der Waals surface area contributed by atoms with E-state index < -0.39 is 30.4 Å². The van der Waals surface area contributed by atoms with Crippen LogP contribution in [0.1, 0.15) is 11.4 Å². The van der Waals surface area contributed by atoms with Crippen LogP contribution in [0.5, 0.6) is 0 Å². The summed E-state index contributed by atoms with van der Waals surface area (Å²) >= 11 is 4.33.